The Morgan fingerprint density at radius 3 is 2.35 bits per heavy atom. The van der Waals surface area contributed by atoms with Gasteiger partial charge >= 0.3 is 5.97 Å². The fraction of sp³-hybridized carbons (Fsp3) is 0.462. The predicted molar refractivity (Wildman–Crippen MR) is 64.0 cm³/mol. The molecule has 3 nitrogen and oxygen atoms in total. The highest BCUT2D eigenvalue weighted by molar-refractivity contribution is 5.76. The first-order valence-electron chi connectivity index (χ1n) is 5.54. The number of nitrogens with two attached hydrogens (primary N) is 1. The summed E-state index contributed by atoms with van der Waals surface area (Å²) in [6, 6.07) is 6.06. The Labute approximate surface area is 100 Å². The summed E-state index contributed by atoms with van der Waals surface area (Å²) >= 11 is 0. The van der Waals surface area contributed by atoms with Crippen LogP contribution in [0.15, 0.2) is 24.3 Å². The molecule has 1 rings (SSSR count). The first kappa shape index (κ1) is 13.6. The molecule has 0 aliphatic rings. The molecule has 1 aromatic rings. The molecule has 0 aliphatic carbocycles. The van der Waals surface area contributed by atoms with Gasteiger partial charge in [-0.25, -0.2) is 4.39 Å². The lowest BCUT2D eigenvalue weighted by molar-refractivity contribution is -0.151. The van der Waals surface area contributed by atoms with Crippen LogP contribution in [0.4, 0.5) is 4.39 Å². The zero-order valence-electron chi connectivity index (χ0n) is 10.3. The van der Waals surface area contributed by atoms with Crippen molar-refractivity contribution in [1.29, 1.82) is 0 Å². The molecule has 0 amide bonds. The molecular formula is C13H18FNO2. The van der Waals surface area contributed by atoms with Gasteiger partial charge in [-0.1, -0.05) is 25.1 Å². The van der Waals surface area contributed by atoms with Crippen molar-refractivity contribution in [2.45, 2.75) is 32.7 Å². The maximum Gasteiger partial charge on any atom is 0.311 e. The summed E-state index contributed by atoms with van der Waals surface area (Å²) in [6.07, 6.45) is 0.341. The second-order valence-electron chi connectivity index (χ2n) is 4.73. The lowest BCUT2D eigenvalue weighted by atomic mass is 9.67. The highest BCUT2D eigenvalue weighted by Crippen LogP contribution is 2.41. The zero-order valence-corrected chi connectivity index (χ0v) is 10.3. The summed E-state index contributed by atoms with van der Waals surface area (Å²) in [5.74, 6) is -1.50. The Kier molecular flexibility index (Phi) is 3.57. The summed E-state index contributed by atoms with van der Waals surface area (Å²) in [5, 5.41) is 9.26. The van der Waals surface area contributed by atoms with E-state index in [1.54, 1.807) is 25.1 Å². The largest absolute Gasteiger partial charge is 0.481 e. The number of halogens is 1. The van der Waals surface area contributed by atoms with Crippen LogP contribution in [0.25, 0.3) is 0 Å². The first-order valence-corrected chi connectivity index (χ1v) is 5.54. The summed E-state index contributed by atoms with van der Waals surface area (Å²) in [7, 11) is 0. The van der Waals surface area contributed by atoms with Gasteiger partial charge < -0.3 is 10.8 Å². The van der Waals surface area contributed by atoms with Gasteiger partial charge in [0.05, 0.1) is 11.0 Å². The van der Waals surface area contributed by atoms with Gasteiger partial charge in [-0.15, -0.1) is 0 Å². The van der Waals surface area contributed by atoms with E-state index in [-0.39, 0.29) is 5.56 Å². The van der Waals surface area contributed by atoms with E-state index in [1.807, 2.05) is 0 Å². The van der Waals surface area contributed by atoms with Gasteiger partial charge in [0, 0.05) is 5.56 Å². The summed E-state index contributed by atoms with van der Waals surface area (Å²) in [6.45, 7) is 4.80. The van der Waals surface area contributed by atoms with Crippen LogP contribution in [0.1, 0.15) is 32.8 Å². The fourth-order valence-corrected chi connectivity index (χ4v) is 1.98. The zero-order chi connectivity index (χ0) is 13.3. The van der Waals surface area contributed by atoms with Crippen LogP contribution in [0.5, 0.6) is 0 Å². The summed E-state index contributed by atoms with van der Waals surface area (Å²) < 4.78 is 13.8. The minimum absolute atomic E-state index is 0.245. The van der Waals surface area contributed by atoms with E-state index in [0.29, 0.717) is 6.42 Å². The molecule has 0 aliphatic heterocycles. The van der Waals surface area contributed by atoms with Gasteiger partial charge in [-0.3, -0.25) is 4.79 Å². The van der Waals surface area contributed by atoms with E-state index in [9.17, 15) is 14.3 Å². The Morgan fingerprint density at radius 1 is 1.41 bits per heavy atom. The molecule has 0 saturated carbocycles. The van der Waals surface area contributed by atoms with Gasteiger partial charge in [0.25, 0.3) is 0 Å². The molecule has 0 aromatic heterocycles. The minimum atomic E-state index is -1.25. The van der Waals surface area contributed by atoms with Crippen molar-refractivity contribution in [3.8, 4) is 0 Å². The number of benzene rings is 1. The van der Waals surface area contributed by atoms with E-state index in [1.165, 1.54) is 19.9 Å². The molecule has 0 heterocycles. The molecule has 1 aromatic carbocycles. The smallest absolute Gasteiger partial charge is 0.311 e. The molecule has 0 spiro atoms. The highest BCUT2D eigenvalue weighted by atomic mass is 19.1. The maximum absolute atomic E-state index is 13.8. The Balaban J connectivity index is 3.41. The summed E-state index contributed by atoms with van der Waals surface area (Å²) in [5.41, 5.74) is 3.94. The highest BCUT2D eigenvalue weighted by Gasteiger charge is 2.48. The average molecular weight is 239 g/mol. The third-order valence-electron chi connectivity index (χ3n) is 3.56. The molecule has 3 N–H and O–H groups in total. The molecule has 0 bridgehead atoms. The van der Waals surface area contributed by atoms with Gasteiger partial charge in [0.15, 0.2) is 0 Å². The Morgan fingerprint density at radius 2 is 1.94 bits per heavy atom. The van der Waals surface area contributed by atoms with Crippen molar-refractivity contribution in [1.82, 2.24) is 0 Å². The third kappa shape index (κ3) is 2.05. The second kappa shape index (κ2) is 4.45. The van der Waals surface area contributed by atoms with Gasteiger partial charge in [0.1, 0.15) is 5.82 Å². The molecule has 0 fully saturated rings. The van der Waals surface area contributed by atoms with Crippen molar-refractivity contribution < 1.29 is 14.3 Å². The number of hydrogen-bond donors (Lipinski definition) is 2. The SMILES string of the molecule is CCC(N)(c1ccccc1F)C(C)(C)C(=O)O. The minimum Gasteiger partial charge on any atom is -0.481 e. The van der Waals surface area contributed by atoms with Crippen LogP contribution < -0.4 is 5.73 Å². The molecule has 17 heavy (non-hydrogen) atoms. The lowest BCUT2D eigenvalue weighted by Gasteiger charge is -2.41. The second-order valence-corrected chi connectivity index (χ2v) is 4.73. The standard InChI is InChI=1S/C13H18FNO2/c1-4-13(15,12(2,3)11(16)17)9-7-5-6-8-10(9)14/h5-8H,4,15H2,1-3H3,(H,16,17). The van der Waals surface area contributed by atoms with Crippen LogP contribution >= 0.6 is 0 Å². The van der Waals surface area contributed by atoms with Gasteiger partial charge in [-0.2, -0.15) is 0 Å². The third-order valence-corrected chi connectivity index (χ3v) is 3.56. The monoisotopic (exact) mass is 239 g/mol. The number of carboxylic acids is 1. The van der Waals surface area contributed by atoms with Crippen molar-refractivity contribution in [2.75, 3.05) is 0 Å². The van der Waals surface area contributed by atoms with E-state index in [2.05, 4.69) is 0 Å². The van der Waals surface area contributed by atoms with E-state index in [0.717, 1.165) is 0 Å². The van der Waals surface area contributed by atoms with E-state index < -0.39 is 22.7 Å². The average Bonchev–Trinajstić information content (AvgIpc) is 2.28. The molecule has 1 atom stereocenters. The number of hydrogen-bond acceptors (Lipinski definition) is 2. The molecule has 0 saturated heterocycles. The molecule has 1 unspecified atom stereocenters. The number of carbonyl (C=O) groups is 1. The van der Waals surface area contributed by atoms with Crippen LogP contribution in [-0.4, -0.2) is 11.1 Å². The van der Waals surface area contributed by atoms with Crippen LogP contribution in [-0.2, 0) is 10.3 Å². The topological polar surface area (TPSA) is 63.3 Å². The molecular weight excluding hydrogens is 221 g/mol. The van der Waals surface area contributed by atoms with Crippen molar-refractivity contribution in [2.24, 2.45) is 11.1 Å². The normalized spacial score (nSPS) is 15.4. The quantitative estimate of drug-likeness (QED) is 0.848. The number of aliphatic carboxylic acids is 1. The lowest BCUT2D eigenvalue weighted by Crippen LogP contribution is -2.53. The summed E-state index contributed by atoms with van der Waals surface area (Å²) in [4.78, 5) is 11.3. The number of rotatable bonds is 4. The fourth-order valence-electron chi connectivity index (χ4n) is 1.98. The van der Waals surface area contributed by atoms with Crippen molar-refractivity contribution >= 4 is 5.97 Å². The van der Waals surface area contributed by atoms with Gasteiger partial charge in [-0.05, 0) is 26.3 Å². The number of carboxylic acid groups (broad SMARTS) is 1. The van der Waals surface area contributed by atoms with Crippen LogP contribution in [0.2, 0.25) is 0 Å². The van der Waals surface area contributed by atoms with Crippen LogP contribution in [0.3, 0.4) is 0 Å². The predicted octanol–water partition coefficient (Wildman–Crippen LogP) is 2.50. The molecule has 94 valence electrons. The molecule has 0 radical (unpaired) electrons. The van der Waals surface area contributed by atoms with Crippen molar-refractivity contribution in [3.05, 3.63) is 35.6 Å². The van der Waals surface area contributed by atoms with Crippen LogP contribution in [0, 0.1) is 11.2 Å². The van der Waals surface area contributed by atoms with Crippen molar-refractivity contribution in [3.63, 3.8) is 0 Å². The Bertz CT molecular complexity index is 431. The van der Waals surface area contributed by atoms with Gasteiger partial charge in [0.2, 0.25) is 0 Å². The Hall–Kier alpha value is -1.42. The molecule has 4 heteroatoms. The maximum atomic E-state index is 13.8. The van der Waals surface area contributed by atoms with E-state index >= 15 is 0 Å². The van der Waals surface area contributed by atoms with E-state index in [4.69, 9.17) is 5.73 Å². The first-order chi connectivity index (χ1) is 7.77.